The Morgan fingerprint density at radius 2 is 1.53 bits per heavy atom. The van der Waals surface area contributed by atoms with Crippen LogP contribution >= 0.6 is 0 Å². The maximum absolute atomic E-state index is 10.2. The minimum Gasteiger partial charge on any atom is -0.480 e. The van der Waals surface area contributed by atoms with Gasteiger partial charge in [0, 0.05) is 0 Å². The predicted molar refractivity (Wildman–Crippen MR) is 68.1 cm³/mol. The number of amides is 1. The van der Waals surface area contributed by atoms with E-state index in [1.807, 2.05) is 13.8 Å². The van der Waals surface area contributed by atoms with Gasteiger partial charge in [0.1, 0.15) is 12.1 Å². The van der Waals surface area contributed by atoms with E-state index < -0.39 is 29.9 Å². The summed E-state index contributed by atoms with van der Waals surface area (Å²) >= 11 is 0. The number of primary amides is 1. The Kier molecular flexibility index (Phi) is 13.5. The van der Waals surface area contributed by atoms with Crippen LogP contribution in [-0.2, 0) is 14.4 Å². The SMILES string of the molecule is CCC(C)[C@H](N)C(=O)O.NC(=O)C[C@H](N)C(=O)O.O. The Morgan fingerprint density at radius 1 is 1.11 bits per heavy atom. The second kappa shape index (κ2) is 11.4. The number of hydrogen-bond acceptors (Lipinski definition) is 5. The molecule has 0 aliphatic carbocycles. The third kappa shape index (κ3) is 12.5. The van der Waals surface area contributed by atoms with Crippen molar-refractivity contribution in [1.29, 1.82) is 0 Å². The van der Waals surface area contributed by atoms with Crippen molar-refractivity contribution >= 4 is 17.8 Å². The average Bonchev–Trinajstić information content (AvgIpc) is 2.26. The van der Waals surface area contributed by atoms with Crippen LogP contribution in [0.5, 0.6) is 0 Å². The molecule has 0 aromatic heterocycles. The van der Waals surface area contributed by atoms with Gasteiger partial charge in [0.15, 0.2) is 0 Å². The first-order chi connectivity index (χ1) is 8.13. The lowest BCUT2D eigenvalue weighted by atomic mass is 10.0. The topological polar surface area (TPSA) is 201 Å². The summed E-state index contributed by atoms with van der Waals surface area (Å²) in [7, 11) is 0. The Balaban J connectivity index is -0.000000256. The summed E-state index contributed by atoms with van der Waals surface area (Å²) < 4.78 is 0. The van der Waals surface area contributed by atoms with Crippen molar-refractivity contribution in [1.82, 2.24) is 0 Å². The van der Waals surface area contributed by atoms with Crippen LogP contribution in [0.2, 0.25) is 0 Å². The highest BCUT2D eigenvalue weighted by atomic mass is 16.4. The molecule has 19 heavy (non-hydrogen) atoms. The van der Waals surface area contributed by atoms with Gasteiger partial charge >= 0.3 is 11.9 Å². The first kappa shape index (κ1) is 22.5. The van der Waals surface area contributed by atoms with Gasteiger partial charge in [-0.15, -0.1) is 0 Å². The number of carboxylic acid groups (broad SMARTS) is 2. The van der Waals surface area contributed by atoms with Gasteiger partial charge in [-0.05, 0) is 5.92 Å². The number of carboxylic acids is 2. The fraction of sp³-hybridized carbons (Fsp3) is 0.700. The Bertz CT molecular complexity index is 297. The molecule has 114 valence electrons. The van der Waals surface area contributed by atoms with Gasteiger partial charge < -0.3 is 32.9 Å². The highest BCUT2D eigenvalue weighted by molar-refractivity contribution is 5.83. The zero-order chi connectivity index (χ0) is 14.9. The summed E-state index contributed by atoms with van der Waals surface area (Å²) in [5.74, 6) is -2.76. The van der Waals surface area contributed by atoms with Gasteiger partial charge in [-0.25, -0.2) is 0 Å². The van der Waals surface area contributed by atoms with Crippen LogP contribution in [0.15, 0.2) is 0 Å². The molecule has 0 aromatic rings. The minimum atomic E-state index is -1.21. The first-order valence-electron chi connectivity index (χ1n) is 5.38. The van der Waals surface area contributed by atoms with Crippen molar-refractivity contribution < 1.29 is 30.1 Å². The standard InChI is InChI=1S/C6H13NO2.C4H8N2O3.H2O/c1-3-4(2)5(7)6(8)9;5-2(4(8)9)1-3(6)7;/h4-5H,3,7H2,1-2H3,(H,8,9);2H,1,5H2,(H2,6,7)(H,8,9);1H2/t4?,5-;2-;/m00./s1. The lowest BCUT2D eigenvalue weighted by molar-refractivity contribution is -0.140. The van der Waals surface area contributed by atoms with E-state index in [1.165, 1.54) is 0 Å². The summed E-state index contributed by atoms with van der Waals surface area (Å²) in [6.45, 7) is 3.76. The third-order valence-corrected chi connectivity index (χ3v) is 2.28. The fourth-order valence-corrected chi connectivity index (χ4v) is 0.801. The van der Waals surface area contributed by atoms with E-state index in [-0.39, 0.29) is 17.8 Å². The molecule has 0 fully saturated rings. The number of aliphatic carboxylic acids is 2. The molecule has 9 heteroatoms. The molecule has 1 unspecified atom stereocenters. The van der Waals surface area contributed by atoms with Crippen molar-refractivity contribution in [2.24, 2.45) is 23.1 Å². The fourth-order valence-electron chi connectivity index (χ4n) is 0.801. The molecular weight excluding hydrogens is 258 g/mol. The maximum Gasteiger partial charge on any atom is 0.321 e. The highest BCUT2D eigenvalue weighted by Crippen LogP contribution is 2.04. The van der Waals surface area contributed by atoms with Crippen LogP contribution in [0, 0.1) is 5.92 Å². The van der Waals surface area contributed by atoms with E-state index in [4.69, 9.17) is 21.7 Å². The molecule has 0 heterocycles. The molecule has 0 aliphatic rings. The van der Waals surface area contributed by atoms with Crippen LogP contribution in [0.25, 0.3) is 0 Å². The van der Waals surface area contributed by atoms with Gasteiger partial charge in [-0.2, -0.15) is 0 Å². The smallest absolute Gasteiger partial charge is 0.321 e. The molecule has 0 aliphatic heterocycles. The summed E-state index contributed by atoms with van der Waals surface area (Å²) in [6.07, 6.45) is 0.503. The molecule has 0 rings (SSSR count). The number of hydrogen-bond donors (Lipinski definition) is 5. The zero-order valence-corrected chi connectivity index (χ0v) is 11.0. The molecule has 0 radical (unpaired) electrons. The van der Waals surface area contributed by atoms with Gasteiger partial charge in [0.2, 0.25) is 5.91 Å². The molecular formula is C10H23N3O6. The van der Waals surface area contributed by atoms with Crippen LogP contribution in [-0.4, -0.2) is 45.6 Å². The summed E-state index contributed by atoms with van der Waals surface area (Å²) in [5.41, 5.74) is 14.8. The van der Waals surface area contributed by atoms with Crippen molar-refractivity contribution in [2.45, 2.75) is 38.8 Å². The second-order valence-corrected chi connectivity index (χ2v) is 3.86. The number of nitrogens with two attached hydrogens (primary N) is 3. The molecule has 0 saturated heterocycles. The van der Waals surface area contributed by atoms with E-state index in [0.717, 1.165) is 6.42 Å². The molecule has 3 atom stereocenters. The van der Waals surface area contributed by atoms with Crippen LogP contribution in [0.4, 0.5) is 0 Å². The van der Waals surface area contributed by atoms with Gasteiger partial charge in [-0.3, -0.25) is 14.4 Å². The Hall–Kier alpha value is -1.71. The average molecular weight is 281 g/mol. The minimum absolute atomic E-state index is 0. The van der Waals surface area contributed by atoms with E-state index in [1.54, 1.807) is 0 Å². The van der Waals surface area contributed by atoms with Crippen molar-refractivity contribution in [3.05, 3.63) is 0 Å². The maximum atomic E-state index is 10.2. The lowest BCUT2D eigenvalue weighted by Gasteiger charge is -2.11. The van der Waals surface area contributed by atoms with Crippen molar-refractivity contribution in [2.75, 3.05) is 0 Å². The van der Waals surface area contributed by atoms with E-state index >= 15 is 0 Å². The molecule has 1 amide bonds. The van der Waals surface area contributed by atoms with Crippen LogP contribution in [0.1, 0.15) is 26.7 Å². The molecule has 0 aromatic carbocycles. The van der Waals surface area contributed by atoms with E-state index in [0.29, 0.717) is 0 Å². The second-order valence-electron chi connectivity index (χ2n) is 3.86. The van der Waals surface area contributed by atoms with Gasteiger partial charge in [0.05, 0.1) is 6.42 Å². The zero-order valence-electron chi connectivity index (χ0n) is 11.0. The number of carbonyl (C=O) groups excluding carboxylic acids is 1. The van der Waals surface area contributed by atoms with Gasteiger partial charge in [0.25, 0.3) is 0 Å². The van der Waals surface area contributed by atoms with Crippen molar-refractivity contribution in [3.8, 4) is 0 Å². The number of rotatable bonds is 6. The summed E-state index contributed by atoms with van der Waals surface area (Å²) in [5, 5.41) is 16.5. The predicted octanol–water partition coefficient (Wildman–Crippen LogP) is -2.11. The highest BCUT2D eigenvalue weighted by Gasteiger charge is 2.17. The Labute approximate surface area is 111 Å². The first-order valence-corrected chi connectivity index (χ1v) is 5.38. The quantitative estimate of drug-likeness (QED) is 0.366. The van der Waals surface area contributed by atoms with E-state index in [9.17, 15) is 14.4 Å². The van der Waals surface area contributed by atoms with Crippen LogP contribution in [0.3, 0.4) is 0 Å². The van der Waals surface area contributed by atoms with Gasteiger partial charge in [-0.1, -0.05) is 20.3 Å². The Morgan fingerprint density at radius 3 is 1.63 bits per heavy atom. The van der Waals surface area contributed by atoms with Crippen molar-refractivity contribution in [3.63, 3.8) is 0 Å². The monoisotopic (exact) mass is 281 g/mol. The molecule has 9 nitrogen and oxygen atoms in total. The largest absolute Gasteiger partial charge is 0.480 e. The third-order valence-electron chi connectivity index (χ3n) is 2.28. The summed E-state index contributed by atoms with van der Waals surface area (Å²) in [6, 6.07) is -1.86. The number of carbonyl (C=O) groups is 3. The normalized spacial score (nSPS) is 13.9. The van der Waals surface area contributed by atoms with E-state index in [2.05, 4.69) is 5.73 Å². The lowest BCUT2D eigenvalue weighted by Crippen LogP contribution is -2.36. The summed E-state index contributed by atoms with van der Waals surface area (Å²) in [4.78, 5) is 30.1. The molecule has 0 spiro atoms. The molecule has 0 saturated carbocycles. The van der Waals surface area contributed by atoms with Crippen LogP contribution < -0.4 is 17.2 Å². The molecule has 10 N–H and O–H groups in total. The molecule has 0 bridgehead atoms.